The number of carbonyl (C=O) groups is 2. The first-order valence-corrected chi connectivity index (χ1v) is 6.78. The Morgan fingerprint density at radius 3 is 2.95 bits per heavy atom. The monoisotopic (exact) mass is 297 g/mol. The van der Waals surface area contributed by atoms with Crippen LogP contribution in [0.1, 0.15) is 17.9 Å². The minimum atomic E-state index is -1.01. The van der Waals surface area contributed by atoms with Gasteiger partial charge in [0.05, 0.1) is 6.61 Å². The van der Waals surface area contributed by atoms with E-state index in [-0.39, 0.29) is 31.0 Å². The van der Waals surface area contributed by atoms with Gasteiger partial charge >= 0.3 is 5.97 Å². The van der Waals surface area contributed by atoms with Crippen molar-refractivity contribution in [2.45, 2.75) is 12.3 Å². The predicted molar refractivity (Wildman–Crippen MR) is 73.8 cm³/mol. The van der Waals surface area contributed by atoms with E-state index in [1.807, 2.05) is 24.3 Å². The second-order valence-electron chi connectivity index (χ2n) is 4.74. The highest BCUT2D eigenvalue weighted by molar-refractivity contribution is 6.30. The number of carboxylic acid groups (broad SMARTS) is 1. The van der Waals surface area contributed by atoms with Crippen LogP contribution in [0.2, 0.25) is 5.02 Å². The number of carbonyl (C=O) groups excluding carboxylic acids is 1. The van der Waals surface area contributed by atoms with Gasteiger partial charge in [-0.2, -0.15) is 0 Å². The number of carboxylic acids is 1. The van der Waals surface area contributed by atoms with Crippen molar-refractivity contribution in [2.75, 3.05) is 19.8 Å². The van der Waals surface area contributed by atoms with E-state index in [1.165, 1.54) is 0 Å². The molecule has 0 saturated heterocycles. The molecule has 2 unspecified atom stereocenters. The Morgan fingerprint density at radius 1 is 1.45 bits per heavy atom. The molecule has 1 aliphatic carbocycles. The quantitative estimate of drug-likeness (QED) is 0.751. The van der Waals surface area contributed by atoms with Crippen molar-refractivity contribution >= 4 is 23.5 Å². The van der Waals surface area contributed by atoms with Gasteiger partial charge in [-0.05, 0) is 30.0 Å². The molecule has 2 N–H and O–H groups in total. The van der Waals surface area contributed by atoms with E-state index >= 15 is 0 Å². The number of hydrogen-bond acceptors (Lipinski definition) is 3. The van der Waals surface area contributed by atoms with E-state index in [4.69, 9.17) is 21.4 Å². The van der Waals surface area contributed by atoms with Crippen LogP contribution in [-0.2, 0) is 14.3 Å². The molecule has 0 aromatic heterocycles. The van der Waals surface area contributed by atoms with Crippen LogP contribution >= 0.6 is 11.6 Å². The van der Waals surface area contributed by atoms with Gasteiger partial charge in [-0.1, -0.05) is 23.7 Å². The molecule has 20 heavy (non-hydrogen) atoms. The number of rotatable bonds is 7. The van der Waals surface area contributed by atoms with Gasteiger partial charge in [0.2, 0.25) is 5.91 Å². The van der Waals surface area contributed by atoms with E-state index in [2.05, 4.69) is 5.32 Å². The third-order valence-electron chi connectivity index (χ3n) is 3.18. The maximum Gasteiger partial charge on any atom is 0.329 e. The molecule has 5 nitrogen and oxygen atoms in total. The number of halogens is 1. The van der Waals surface area contributed by atoms with Crippen LogP contribution in [0.5, 0.6) is 0 Å². The summed E-state index contributed by atoms with van der Waals surface area (Å²) in [4.78, 5) is 22.1. The molecule has 0 aliphatic heterocycles. The normalized spacial score (nSPS) is 20.4. The number of amides is 1. The summed E-state index contributed by atoms with van der Waals surface area (Å²) in [6, 6.07) is 7.54. The molecule has 1 fully saturated rings. The van der Waals surface area contributed by atoms with Gasteiger partial charge in [-0.25, -0.2) is 4.79 Å². The smallest absolute Gasteiger partial charge is 0.329 e. The SMILES string of the molecule is O=C(O)COCCNC(=O)C1CC1c1cccc(Cl)c1. The van der Waals surface area contributed by atoms with Gasteiger partial charge in [0.15, 0.2) is 0 Å². The average Bonchev–Trinajstić information content (AvgIpc) is 3.18. The Kier molecular flexibility index (Phi) is 4.98. The Bertz CT molecular complexity index is 506. The Morgan fingerprint density at radius 2 is 2.25 bits per heavy atom. The largest absolute Gasteiger partial charge is 0.480 e. The van der Waals surface area contributed by atoms with E-state index < -0.39 is 5.97 Å². The van der Waals surface area contributed by atoms with Crippen molar-refractivity contribution in [3.05, 3.63) is 34.9 Å². The lowest BCUT2D eigenvalue weighted by Crippen LogP contribution is -2.29. The van der Waals surface area contributed by atoms with Crippen LogP contribution in [0.4, 0.5) is 0 Å². The van der Waals surface area contributed by atoms with Gasteiger partial charge < -0.3 is 15.2 Å². The summed E-state index contributed by atoms with van der Waals surface area (Å²) in [5.74, 6) is -0.824. The summed E-state index contributed by atoms with van der Waals surface area (Å²) in [6.45, 7) is 0.182. The lowest BCUT2D eigenvalue weighted by Gasteiger charge is -2.05. The van der Waals surface area contributed by atoms with E-state index in [1.54, 1.807) is 0 Å². The fourth-order valence-electron chi connectivity index (χ4n) is 2.13. The van der Waals surface area contributed by atoms with Gasteiger partial charge in [-0.15, -0.1) is 0 Å². The van der Waals surface area contributed by atoms with Crippen LogP contribution in [-0.4, -0.2) is 36.7 Å². The first-order chi connectivity index (χ1) is 9.58. The van der Waals surface area contributed by atoms with Crippen molar-refractivity contribution in [3.63, 3.8) is 0 Å². The summed E-state index contributed by atoms with van der Waals surface area (Å²) >= 11 is 5.92. The van der Waals surface area contributed by atoms with Gasteiger partial charge in [0.1, 0.15) is 6.61 Å². The van der Waals surface area contributed by atoms with Crippen LogP contribution in [0.15, 0.2) is 24.3 Å². The standard InChI is InChI=1S/C14H16ClNO4/c15-10-3-1-2-9(6-10)11-7-12(11)14(19)16-4-5-20-8-13(17)18/h1-3,6,11-12H,4-5,7-8H2,(H,16,19)(H,17,18). The van der Waals surface area contributed by atoms with Crippen molar-refractivity contribution < 1.29 is 19.4 Å². The number of nitrogens with one attached hydrogen (secondary N) is 1. The third kappa shape index (κ3) is 4.21. The number of hydrogen-bond donors (Lipinski definition) is 2. The molecule has 0 radical (unpaired) electrons. The summed E-state index contributed by atoms with van der Waals surface area (Å²) < 4.78 is 4.84. The molecule has 0 spiro atoms. The Balaban J connectivity index is 1.69. The van der Waals surface area contributed by atoms with E-state index in [0.29, 0.717) is 11.6 Å². The van der Waals surface area contributed by atoms with Crippen molar-refractivity contribution in [1.82, 2.24) is 5.32 Å². The lowest BCUT2D eigenvalue weighted by molar-refractivity contribution is -0.142. The Labute approximate surface area is 121 Å². The predicted octanol–water partition coefficient (Wildman–Crippen LogP) is 1.66. The van der Waals surface area contributed by atoms with Crippen LogP contribution < -0.4 is 5.32 Å². The highest BCUT2D eigenvalue weighted by atomic mass is 35.5. The van der Waals surface area contributed by atoms with Crippen molar-refractivity contribution in [1.29, 1.82) is 0 Å². The molecule has 6 heteroatoms. The van der Waals surface area contributed by atoms with Gasteiger partial charge in [0.25, 0.3) is 0 Å². The molecule has 2 atom stereocenters. The van der Waals surface area contributed by atoms with Gasteiger partial charge in [0, 0.05) is 17.5 Å². The zero-order valence-electron chi connectivity index (χ0n) is 10.8. The first kappa shape index (κ1) is 14.8. The number of ether oxygens (including phenoxy) is 1. The molecule has 1 amide bonds. The molecule has 0 heterocycles. The minimum absolute atomic E-state index is 0.0195. The zero-order chi connectivity index (χ0) is 14.5. The van der Waals surface area contributed by atoms with Crippen LogP contribution in [0, 0.1) is 5.92 Å². The minimum Gasteiger partial charge on any atom is -0.480 e. The Hall–Kier alpha value is -1.59. The van der Waals surface area contributed by atoms with Crippen LogP contribution in [0.25, 0.3) is 0 Å². The fourth-order valence-corrected chi connectivity index (χ4v) is 2.33. The summed E-state index contributed by atoms with van der Waals surface area (Å²) in [5.41, 5.74) is 1.08. The number of aliphatic carboxylic acids is 1. The average molecular weight is 298 g/mol. The van der Waals surface area contributed by atoms with Crippen molar-refractivity contribution in [3.8, 4) is 0 Å². The highest BCUT2D eigenvalue weighted by Gasteiger charge is 2.43. The molecule has 0 bridgehead atoms. The van der Waals surface area contributed by atoms with Crippen molar-refractivity contribution in [2.24, 2.45) is 5.92 Å². The topological polar surface area (TPSA) is 75.6 Å². The second kappa shape index (κ2) is 6.72. The number of benzene rings is 1. The fraction of sp³-hybridized carbons (Fsp3) is 0.429. The molecule has 1 aromatic rings. The molecular formula is C14H16ClNO4. The molecule has 1 aliphatic rings. The molecule has 2 rings (SSSR count). The molecular weight excluding hydrogens is 282 g/mol. The highest BCUT2D eigenvalue weighted by Crippen LogP contribution is 2.47. The van der Waals surface area contributed by atoms with E-state index in [9.17, 15) is 9.59 Å². The lowest BCUT2D eigenvalue weighted by atomic mass is 10.1. The van der Waals surface area contributed by atoms with Crippen LogP contribution in [0.3, 0.4) is 0 Å². The summed E-state index contributed by atoms with van der Waals surface area (Å²) in [5, 5.41) is 11.8. The third-order valence-corrected chi connectivity index (χ3v) is 3.41. The van der Waals surface area contributed by atoms with E-state index in [0.717, 1.165) is 12.0 Å². The zero-order valence-corrected chi connectivity index (χ0v) is 11.6. The second-order valence-corrected chi connectivity index (χ2v) is 5.18. The first-order valence-electron chi connectivity index (χ1n) is 6.40. The molecule has 108 valence electrons. The molecule has 1 aromatic carbocycles. The summed E-state index contributed by atoms with van der Waals surface area (Å²) in [7, 11) is 0. The summed E-state index contributed by atoms with van der Waals surface area (Å²) in [6.07, 6.45) is 0.822. The maximum atomic E-state index is 11.9. The maximum absolute atomic E-state index is 11.9. The van der Waals surface area contributed by atoms with Gasteiger partial charge in [-0.3, -0.25) is 4.79 Å². The molecule has 1 saturated carbocycles.